The van der Waals surface area contributed by atoms with E-state index in [4.69, 9.17) is 5.11 Å². The van der Waals surface area contributed by atoms with Crippen LogP contribution in [-0.4, -0.2) is 55.5 Å². The van der Waals surface area contributed by atoms with Gasteiger partial charge in [0.05, 0.1) is 5.75 Å². The third kappa shape index (κ3) is 4.22. The zero-order valence-electron chi connectivity index (χ0n) is 12.0. The van der Waals surface area contributed by atoms with Crippen LogP contribution in [0.4, 0.5) is 0 Å². The smallest absolute Gasteiger partial charge is 0.313 e. The number of carbonyl (C=O) groups excluding carboxylic acids is 1. The lowest BCUT2D eigenvalue weighted by Gasteiger charge is -2.19. The third-order valence-electron chi connectivity index (χ3n) is 2.84. The van der Waals surface area contributed by atoms with E-state index in [0.29, 0.717) is 30.5 Å². The second-order valence-electron chi connectivity index (χ2n) is 4.09. The lowest BCUT2D eigenvalue weighted by Crippen LogP contribution is -2.34. The maximum atomic E-state index is 12.2. The van der Waals surface area contributed by atoms with Crippen LogP contribution in [0.2, 0.25) is 0 Å². The Labute approximate surface area is 122 Å². The molecule has 1 rings (SSSR count). The quantitative estimate of drug-likeness (QED) is 0.717. The second-order valence-corrected chi connectivity index (χ2v) is 5.03. The van der Waals surface area contributed by atoms with E-state index in [9.17, 15) is 9.59 Å². The molecular formula is C12H20N4O3S. The maximum Gasteiger partial charge on any atom is 0.313 e. The molecule has 1 N–H and O–H groups in total. The minimum absolute atomic E-state index is 0.0123. The highest BCUT2D eigenvalue weighted by Crippen LogP contribution is 2.17. The van der Waals surface area contributed by atoms with Gasteiger partial charge in [0.2, 0.25) is 5.91 Å². The molecule has 7 nitrogen and oxygen atoms in total. The first-order valence-electron chi connectivity index (χ1n) is 6.57. The van der Waals surface area contributed by atoms with Crippen molar-refractivity contribution in [3.05, 3.63) is 5.82 Å². The fraction of sp³-hybridized carbons (Fsp3) is 0.667. The highest BCUT2D eigenvalue weighted by molar-refractivity contribution is 7.99. The van der Waals surface area contributed by atoms with Crippen LogP contribution in [0.15, 0.2) is 5.16 Å². The van der Waals surface area contributed by atoms with Gasteiger partial charge in [-0.3, -0.25) is 14.2 Å². The van der Waals surface area contributed by atoms with Gasteiger partial charge in [0.15, 0.2) is 5.16 Å². The van der Waals surface area contributed by atoms with Gasteiger partial charge in [-0.05, 0) is 13.8 Å². The van der Waals surface area contributed by atoms with Gasteiger partial charge in [-0.15, -0.1) is 10.2 Å². The Morgan fingerprint density at radius 3 is 2.40 bits per heavy atom. The second kappa shape index (κ2) is 7.88. The molecule has 0 aliphatic rings. The summed E-state index contributed by atoms with van der Waals surface area (Å²) in [5, 5.41) is 17.2. The van der Waals surface area contributed by atoms with E-state index in [1.807, 2.05) is 20.8 Å². The number of aryl methyl sites for hydroxylation is 1. The van der Waals surface area contributed by atoms with Crippen LogP contribution in [-0.2, 0) is 22.6 Å². The molecule has 0 spiro atoms. The summed E-state index contributed by atoms with van der Waals surface area (Å²) in [6.45, 7) is 7.23. The number of hydrogen-bond donors (Lipinski definition) is 1. The van der Waals surface area contributed by atoms with Crippen molar-refractivity contribution in [2.45, 2.75) is 38.9 Å². The standard InChI is InChI=1S/C12H20N4O3S/c1-4-9-13-14-12(20-8-11(18)19)16(9)7-10(17)15(5-2)6-3/h4-8H2,1-3H3,(H,18,19). The number of carboxylic acids is 1. The molecule has 0 saturated heterocycles. The van der Waals surface area contributed by atoms with Gasteiger partial charge in [-0.1, -0.05) is 18.7 Å². The zero-order chi connectivity index (χ0) is 15.1. The molecule has 0 fully saturated rings. The molecule has 1 amide bonds. The number of hydrogen-bond acceptors (Lipinski definition) is 5. The first-order valence-corrected chi connectivity index (χ1v) is 7.56. The molecule has 20 heavy (non-hydrogen) atoms. The number of thioether (sulfide) groups is 1. The van der Waals surface area contributed by atoms with Crippen LogP contribution in [0.5, 0.6) is 0 Å². The number of aliphatic carboxylic acids is 1. The number of rotatable bonds is 8. The number of likely N-dealkylation sites (N-methyl/N-ethyl adjacent to an activating group) is 1. The summed E-state index contributed by atoms with van der Waals surface area (Å²) in [5.41, 5.74) is 0. The number of carboxylic acid groups (broad SMARTS) is 1. The number of amides is 1. The molecule has 0 saturated carbocycles. The van der Waals surface area contributed by atoms with Gasteiger partial charge in [-0.2, -0.15) is 0 Å². The zero-order valence-corrected chi connectivity index (χ0v) is 12.8. The summed E-state index contributed by atoms with van der Waals surface area (Å²) in [5.74, 6) is -0.334. The molecule has 0 aromatic carbocycles. The molecule has 1 heterocycles. The number of carbonyl (C=O) groups is 2. The van der Waals surface area contributed by atoms with E-state index in [-0.39, 0.29) is 18.2 Å². The molecule has 8 heteroatoms. The molecule has 0 unspecified atom stereocenters. The predicted molar refractivity (Wildman–Crippen MR) is 75.7 cm³/mol. The van der Waals surface area contributed by atoms with E-state index < -0.39 is 5.97 Å². The molecule has 0 aliphatic heterocycles. The van der Waals surface area contributed by atoms with Gasteiger partial charge >= 0.3 is 5.97 Å². The Hall–Kier alpha value is -1.57. The minimum Gasteiger partial charge on any atom is -0.481 e. The third-order valence-corrected chi connectivity index (χ3v) is 3.80. The van der Waals surface area contributed by atoms with Gasteiger partial charge in [-0.25, -0.2) is 0 Å². The van der Waals surface area contributed by atoms with Crippen LogP contribution in [0.3, 0.4) is 0 Å². The van der Waals surface area contributed by atoms with E-state index in [0.717, 1.165) is 11.8 Å². The van der Waals surface area contributed by atoms with Crippen molar-refractivity contribution in [1.82, 2.24) is 19.7 Å². The van der Waals surface area contributed by atoms with Crippen LogP contribution in [0.25, 0.3) is 0 Å². The minimum atomic E-state index is -0.919. The van der Waals surface area contributed by atoms with Crippen molar-refractivity contribution in [3.63, 3.8) is 0 Å². The average molecular weight is 300 g/mol. The van der Waals surface area contributed by atoms with E-state index >= 15 is 0 Å². The molecule has 1 aromatic rings. The highest BCUT2D eigenvalue weighted by atomic mass is 32.2. The lowest BCUT2D eigenvalue weighted by atomic mass is 10.4. The van der Waals surface area contributed by atoms with Crippen molar-refractivity contribution in [1.29, 1.82) is 0 Å². The predicted octanol–water partition coefficient (Wildman–Crippen LogP) is 0.886. The average Bonchev–Trinajstić information content (AvgIpc) is 2.80. The SMILES string of the molecule is CCc1nnc(SCC(=O)O)n1CC(=O)N(CC)CC. The number of aromatic nitrogens is 3. The molecule has 0 atom stereocenters. The van der Waals surface area contributed by atoms with E-state index in [1.54, 1.807) is 9.47 Å². The fourth-order valence-electron chi connectivity index (χ4n) is 1.78. The lowest BCUT2D eigenvalue weighted by molar-refractivity contribution is -0.134. The van der Waals surface area contributed by atoms with Crippen LogP contribution in [0.1, 0.15) is 26.6 Å². The fourth-order valence-corrected chi connectivity index (χ4v) is 2.46. The van der Waals surface area contributed by atoms with Crippen molar-refractivity contribution >= 4 is 23.6 Å². The van der Waals surface area contributed by atoms with E-state index in [1.165, 1.54) is 0 Å². The van der Waals surface area contributed by atoms with Gasteiger partial charge in [0.1, 0.15) is 12.4 Å². The summed E-state index contributed by atoms with van der Waals surface area (Å²) in [6, 6.07) is 0. The van der Waals surface area contributed by atoms with Crippen LogP contribution in [0, 0.1) is 0 Å². The Morgan fingerprint density at radius 2 is 1.90 bits per heavy atom. The first kappa shape index (κ1) is 16.5. The monoisotopic (exact) mass is 300 g/mol. The Balaban J connectivity index is 2.88. The summed E-state index contributed by atoms with van der Waals surface area (Å²) in [4.78, 5) is 24.5. The largest absolute Gasteiger partial charge is 0.481 e. The maximum absolute atomic E-state index is 12.2. The Bertz CT molecular complexity index is 471. The highest BCUT2D eigenvalue weighted by Gasteiger charge is 2.17. The summed E-state index contributed by atoms with van der Waals surface area (Å²) >= 11 is 1.08. The topological polar surface area (TPSA) is 88.3 Å². The first-order chi connectivity index (χ1) is 9.53. The molecule has 0 bridgehead atoms. The molecule has 0 aliphatic carbocycles. The Kier molecular flexibility index (Phi) is 6.50. The molecule has 112 valence electrons. The summed E-state index contributed by atoms with van der Waals surface area (Å²) in [7, 11) is 0. The van der Waals surface area contributed by atoms with Crippen molar-refractivity contribution in [3.8, 4) is 0 Å². The normalized spacial score (nSPS) is 10.6. The molecule has 0 radical (unpaired) electrons. The van der Waals surface area contributed by atoms with Crippen molar-refractivity contribution in [2.24, 2.45) is 0 Å². The van der Waals surface area contributed by atoms with E-state index in [2.05, 4.69) is 10.2 Å². The van der Waals surface area contributed by atoms with Gasteiger partial charge in [0, 0.05) is 19.5 Å². The van der Waals surface area contributed by atoms with Gasteiger partial charge < -0.3 is 10.0 Å². The number of nitrogens with zero attached hydrogens (tertiary/aromatic N) is 4. The van der Waals surface area contributed by atoms with Crippen LogP contribution >= 0.6 is 11.8 Å². The summed E-state index contributed by atoms with van der Waals surface area (Å²) in [6.07, 6.45) is 0.645. The van der Waals surface area contributed by atoms with Crippen LogP contribution < -0.4 is 0 Å². The molecular weight excluding hydrogens is 280 g/mol. The molecule has 1 aromatic heterocycles. The van der Waals surface area contributed by atoms with Crippen molar-refractivity contribution in [2.75, 3.05) is 18.8 Å². The Morgan fingerprint density at radius 1 is 1.25 bits per heavy atom. The summed E-state index contributed by atoms with van der Waals surface area (Å²) < 4.78 is 1.70. The van der Waals surface area contributed by atoms with Crippen molar-refractivity contribution < 1.29 is 14.7 Å². The van der Waals surface area contributed by atoms with Gasteiger partial charge in [0.25, 0.3) is 0 Å².